The fourth-order valence-electron chi connectivity index (χ4n) is 5.32. The second kappa shape index (κ2) is 6.87. The van der Waals surface area contributed by atoms with Gasteiger partial charge in [-0.1, -0.05) is 29.8 Å². The maximum Gasteiger partial charge on any atom is 0.314 e. The van der Waals surface area contributed by atoms with E-state index < -0.39 is 5.41 Å². The van der Waals surface area contributed by atoms with Gasteiger partial charge < -0.3 is 19.3 Å². The number of benzene rings is 1. The number of aliphatic hydroxyl groups is 1. The zero-order valence-electron chi connectivity index (χ0n) is 16.6. The SMILES string of the molecule is CC=C1CN(C)CC2(C(=O)OC)Cc3c(n(CO)c4ccccc34)C(=O)CC12. The molecule has 1 aromatic carbocycles. The van der Waals surface area contributed by atoms with Crippen LogP contribution in [0.25, 0.3) is 10.9 Å². The van der Waals surface area contributed by atoms with Crippen molar-refractivity contribution in [2.45, 2.75) is 26.5 Å². The molecule has 0 radical (unpaired) electrons. The Kier molecular flexibility index (Phi) is 4.63. The summed E-state index contributed by atoms with van der Waals surface area (Å²) < 4.78 is 6.96. The van der Waals surface area contributed by atoms with Gasteiger partial charge in [-0.05, 0) is 32.0 Å². The molecule has 2 atom stereocenters. The van der Waals surface area contributed by atoms with E-state index in [0.717, 1.165) is 28.6 Å². The Morgan fingerprint density at radius 1 is 1.39 bits per heavy atom. The van der Waals surface area contributed by atoms with Gasteiger partial charge >= 0.3 is 5.97 Å². The number of ketones is 1. The van der Waals surface area contributed by atoms with Gasteiger partial charge in [0.15, 0.2) is 5.78 Å². The molecule has 1 fully saturated rings. The standard InChI is InChI=1S/C22H26N2O4/c1-4-14-11-23(2)12-22(21(27)28-3)10-16-15-7-5-6-8-18(15)24(13-25)20(16)19(26)9-17(14)22/h4-8,17,25H,9-13H2,1-3H3. The van der Waals surface area contributed by atoms with Crippen LogP contribution in [0.5, 0.6) is 0 Å². The van der Waals surface area contributed by atoms with Gasteiger partial charge in [0, 0.05) is 30.8 Å². The van der Waals surface area contributed by atoms with Gasteiger partial charge in [-0.2, -0.15) is 0 Å². The van der Waals surface area contributed by atoms with E-state index in [4.69, 9.17) is 4.74 Å². The molecule has 1 aromatic heterocycles. The molecular weight excluding hydrogens is 356 g/mol. The van der Waals surface area contributed by atoms with Gasteiger partial charge in [0.1, 0.15) is 6.73 Å². The largest absolute Gasteiger partial charge is 0.469 e. The summed E-state index contributed by atoms with van der Waals surface area (Å²) in [5.74, 6) is -0.503. The summed E-state index contributed by atoms with van der Waals surface area (Å²) in [6.45, 7) is 2.96. The molecule has 4 rings (SSSR count). The molecule has 0 amide bonds. The van der Waals surface area contributed by atoms with Crippen molar-refractivity contribution in [2.75, 3.05) is 27.2 Å². The van der Waals surface area contributed by atoms with Crippen molar-refractivity contribution in [3.8, 4) is 0 Å². The Morgan fingerprint density at radius 2 is 2.14 bits per heavy atom. The van der Waals surface area contributed by atoms with Crippen LogP contribution in [-0.2, 0) is 22.7 Å². The first-order valence-electron chi connectivity index (χ1n) is 9.63. The molecule has 6 nitrogen and oxygen atoms in total. The van der Waals surface area contributed by atoms with Crippen LogP contribution >= 0.6 is 0 Å². The molecular formula is C22H26N2O4. The second-order valence-corrected chi connectivity index (χ2v) is 7.95. The normalized spacial score (nSPS) is 26.8. The van der Waals surface area contributed by atoms with Gasteiger partial charge in [-0.3, -0.25) is 9.59 Å². The highest BCUT2D eigenvalue weighted by Gasteiger charge is 2.54. The molecule has 2 unspecified atom stereocenters. The Labute approximate surface area is 164 Å². The van der Waals surface area contributed by atoms with Gasteiger partial charge in [0.05, 0.1) is 23.7 Å². The molecule has 1 aliphatic carbocycles. The fourth-order valence-corrected chi connectivity index (χ4v) is 5.32. The number of Topliss-reactive ketones (excluding diaryl/α,β-unsaturated/α-hetero) is 1. The van der Waals surface area contributed by atoms with E-state index >= 15 is 0 Å². The summed E-state index contributed by atoms with van der Waals surface area (Å²) in [5.41, 5.74) is 2.46. The number of fused-ring (bicyclic) bond motifs is 4. The van der Waals surface area contributed by atoms with Crippen molar-refractivity contribution in [1.82, 2.24) is 9.47 Å². The van der Waals surface area contributed by atoms with E-state index in [1.807, 2.05) is 44.3 Å². The predicted octanol–water partition coefficient (Wildman–Crippen LogP) is 2.39. The molecule has 148 valence electrons. The number of likely N-dealkylation sites (tertiary alicyclic amines) is 1. The van der Waals surface area contributed by atoms with Crippen LogP contribution in [0.15, 0.2) is 35.9 Å². The molecule has 1 aliphatic heterocycles. The number of nitrogens with zero attached hydrogens (tertiary/aromatic N) is 2. The van der Waals surface area contributed by atoms with Crippen molar-refractivity contribution >= 4 is 22.7 Å². The summed E-state index contributed by atoms with van der Waals surface area (Å²) in [5, 5.41) is 10.9. The first-order chi connectivity index (χ1) is 13.5. The van der Waals surface area contributed by atoms with Crippen molar-refractivity contribution < 1.29 is 19.4 Å². The lowest BCUT2D eigenvalue weighted by Crippen LogP contribution is -2.54. The van der Waals surface area contributed by atoms with Crippen LogP contribution in [0.1, 0.15) is 29.4 Å². The summed E-state index contributed by atoms with van der Waals surface area (Å²) in [6, 6.07) is 7.68. The number of likely N-dealkylation sites (N-methyl/N-ethyl adjacent to an activating group) is 1. The molecule has 1 N–H and O–H groups in total. The van der Waals surface area contributed by atoms with E-state index in [0.29, 0.717) is 18.7 Å². The number of hydrogen-bond acceptors (Lipinski definition) is 5. The molecule has 0 spiro atoms. The minimum absolute atomic E-state index is 0.0278. The third-order valence-corrected chi connectivity index (χ3v) is 6.44. The molecule has 6 heteroatoms. The Balaban J connectivity index is 2.01. The monoisotopic (exact) mass is 382 g/mol. The zero-order chi connectivity index (χ0) is 20.1. The number of hydrogen-bond donors (Lipinski definition) is 1. The number of ether oxygens (including phenoxy) is 1. The summed E-state index contributed by atoms with van der Waals surface area (Å²) >= 11 is 0. The first-order valence-corrected chi connectivity index (χ1v) is 9.63. The lowest BCUT2D eigenvalue weighted by Gasteiger charge is -2.46. The van der Waals surface area contributed by atoms with Crippen LogP contribution in [-0.4, -0.2) is 53.6 Å². The zero-order valence-corrected chi connectivity index (χ0v) is 16.6. The number of methoxy groups -OCH3 is 1. The molecule has 2 aromatic rings. The maximum atomic E-state index is 13.4. The number of carbonyl (C=O) groups excluding carboxylic acids is 2. The van der Waals surface area contributed by atoms with Crippen molar-refractivity contribution in [2.24, 2.45) is 11.3 Å². The van der Waals surface area contributed by atoms with E-state index in [1.54, 1.807) is 4.57 Å². The summed E-state index contributed by atoms with van der Waals surface area (Å²) in [6.07, 6.45) is 2.69. The number of piperidine rings is 1. The molecule has 0 saturated carbocycles. The van der Waals surface area contributed by atoms with Crippen molar-refractivity contribution in [1.29, 1.82) is 0 Å². The second-order valence-electron chi connectivity index (χ2n) is 7.95. The minimum Gasteiger partial charge on any atom is -0.469 e. The highest BCUT2D eigenvalue weighted by molar-refractivity contribution is 6.04. The number of para-hydroxylation sites is 1. The summed E-state index contributed by atoms with van der Waals surface area (Å²) in [7, 11) is 3.41. The fraction of sp³-hybridized carbons (Fsp3) is 0.455. The number of rotatable bonds is 2. The van der Waals surface area contributed by atoms with Crippen molar-refractivity contribution in [3.63, 3.8) is 0 Å². The van der Waals surface area contributed by atoms with E-state index in [1.165, 1.54) is 7.11 Å². The highest BCUT2D eigenvalue weighted by Crippen LogP contribution is 2.48. The lowest BCUT2D eigenvalue weighted by molar-refractivity contribution is -0.158. The van der Waals surface area contributed by atoms with Crippen LogP contribution in [0, 0.1) is 11.3 Å². The maximum absolute atomic E-state index is 13.4. The Bertz CT molecular complexity index is 990. The molecule has 28 heavy (non-hydrogen) atoms. The highest BCUT2D eigenvalue weighted by atomic mass is 16.5. The van der Waals surface area contributed by atoms with E-state index in [2.05, 4.69) is 4.90 Å². The quantitative estimate of drug-likeness (QED) is 0.638. The van der Waals surface area contributed by atoms with Gasteiger partial charge in [-0.25, -0.2) is 0 Å². The first kappa shape index (κ1) is 18.9. The summed E-state index contributed by atoms with van der Waals surface area (Å²) in [4.78, 5) is 28.7. The van der Waals surface area contributed by atoms with Crippen LogP contribution in [0.4, 0.5) is 0 Å². The number of esters is 1. The number of carbonyl (C=O) groups is 2. The average Bonchev–Trinajstić information content (AvgIpc) is 2.94. The Morgan fingerprint density at radius 3 is 2.82 bits per heavy atom. The molecule has 1 saturated heterocycles. The van der Waals surface area contributed by atoms with E-state index in [9.17, 15) is 14.7 Å². The Hall–Kier alpha value is -2.44. The average molecular weight is 382 g/mol. The number of aliphatic hydroxyl groups excluding tert-OH is 1. The third-order valence-electron chi connectivity index (χ3n) is 6.44. The van der Waals surface area contributed by atoms with Crippen LogP contribution in [0.3, 0.4) is 0 Å². The van der Waals surface area contributed by atoms with Gasteiger partial charge in [0.2, 0.25) is 0 Å². The topological polar surface area (TPSA) is 71.8 Å². The molecule has 0 bridgehead atoms. The molecule has 2 aliphatic rings. The number of aromatic nitrogens is 1. The van der Waals surface area contributed by atoms with Crippen LogP contribution < -0.4 is 0 Å². The third kappa shape index (κ3) is 2.55. The van der Waals surface area contributed by atoms with Crippen LogP contribution in [0.2, 0.25) is 0 Å². The smallest absolute Gasteiger partial charge is 0.314 e. The molecule has 2 heterocycles. The van der Waals surface area contributed by atoms with Gasteiger partial charge in [0.25, 0.3) is 0 Å². The van der Waals surface area contributed by atoms with Crippen molar-refractivity contribution in [3.05, 3.63) is 47.2 Å². The van der Waals surface area contributed by atoms with E-state index in [-0.39, 0.29) is 30.8 Å². The predicted molar refractivity (Wildman–Crippen MR) is 106 cm³/mol. The number of allylic oxidation sites excluding steroid dienone is 1. The minimum atomic E-state index is -0.824. The van der Waals surface area contributed by atoms with Gasteiger partial charge in [-0.15, -0.1) is 0 Å². The lowest BCUT2D eigenvalue weighted by atomic mass is 9.65.